The molecule has 0 aromatic heterocycles. The number of aliphatic hydroxyl groups is 1. The van der Waals surface area contributed by atoms with Gasteiger partial charge < -0.3 is 9.84 Å². The van der Waals surface area contributed by atoms with E-state index in [2.05, 4.69) is 0 Å². The van der Waals surface area contributed by atoms with Crippen LogP contribution < -0.4 is 0 Å². The largest absolute Gasteiger partial charge is 0.386 e. The number of aliphatic hydroxyl groups excluding tert-OH is 1. The normalized spacial score (nSPS) is 29.8. The molecule has 0 spiro atoms. The first kappa shape index (κ1) is 5.79. The fraction of sp³-hybridized carbons (Fsp3) is 0.667. The van der Waals surface area contributed by atoms with Crippen molar-refractivity contribution in [1.29, 1.82) is 0 Å². The minimum Gasteiger partial charge on any atom is -0.386 e. The van der Waals surface area contributed by atoms with Crippen molar-refractivity contribution in [3.63, 3.8) is 0 Å². The maximum Gasteiger partial charge on any atom is 0.0981 e. The Morgan fingerprint density at radius 3 is 3.00 bits per heavy atom. The molecule has 1 N–H and O–H groups in total. The molecule has 1 unspecified atom stereocenters. The van der Waals surface area contributed by atoms with E-state index in [0.717, 1.165) is 5.57 Å². The van der Waals surface area contributed by atoms with Crippen molar-refractivity contribution >= 4 is 0 Å². The minimum absolute atomic E-state index is 0.358. The zero-order valence-electron chi connectivity index (χ0n) is 4.92. The van der Waals surface area contributed by atoms with Crippen LogP contribution in [0.5, 0.6) is 0 Å². The third-order valence-electron chi connectivity index (χ3n) is 1.32. The topological polar surface area (TPSA) is 29.5 Å². The van der Waals surface area contributed by atoms with Gasteiger partial charge in [0.2, 0.25) is 0 Å². The van der Waals surface area contributed by atoms with E-state index in [4.69, 9.17) is 9.84 Å². The van der Waals surface area contributed by atoms with Crippen LogP contribution in [0.4, 0.5) is 0 Å². The second-order valence-electron chi connectivity index (χ2n) is 2.00. The molecule has 0 fully saturated rings. The predicted molar refractivity (Wildman–Crippen MR) is 30.6 cm³/mol. The maximum atomic E-state index is 8.98. The van der Waals surface area contributed by atoms with Crippen LogP contribution in [-0.2, 0) is 4.74 Å². The molecule has 0 radical (unpaired) electrons. The smallest absolute Gasteiger partial charge is 0.0981 e. The Kier molecular flexibility index (Phi) is 1.65. The first-order chi connectivity index (χ1) is 3.80. The fourth-order valence-corrected chi connectivity index (χ4v) is 0.638. The molecule has 0 aliphatic carbocycles. The zero-order valence-corrected chi connectivity index (χ0v) is 4.92. The summed E-state index contributed by atoms with van der Waals surface area (Å²) in [6.07, 6.45) is 1.54. The van der Waals surface area contributed by atoms with Gasteiger partial charge in [-0.25, -0.2) is 0 Å². The summed E-state index contributed by atoms with van der Waals surface area (Å²) >= 11 is 0. The van der Waals surface area contributed by atoms with Gasteiger partial charge in [0.1, 0.15) is 0 Å². The van der Waals surface area contributed by atoms with Gasteiger partial charge in [-0.15, -0.1) is 0 Å². The fourth-order valence-electron chi connectivity index (χ4n) is 0.638. The molecule has 1 aliphatic heterocycles. The lowest BCUT2D eigenvalue weighted by Gasteiger charge is -2.15. The van der Waals surface area contributed by atoms with Crippen LogP contribution in [0.2, 0.25) is 0 Å². The highest BCUT2D eigenvalue weighted by Crippen LogP contribution is 2.05. The second kappa shape index (κ2) is 2.29. The van der Waals surface area contributed by atoms with Crippen LogP contribution in [0.1, 0.15) is 6.92 Å². The Hall–Kier alpha value is -0.340. The summed E-state index contributed by atoms with van der Waals surface area (Å²) < 4.78 is 4.93. The molecule has 46 valence electrons. The monoisotopic (exact) mass is 114 g/mol. The lowest BCUT2D eigenvalue weighted by atomic mass is 10.1. The van der Waals surface area contributed by atoms with Crippen molar-refractivity contribution in [2.24, 2.45) is 0 Å². The van der Waals surface area contributed by atoms with E-state index in [-0.39, 0.29) is 6.10 Å². The summed E-state index contributed by atoms with van der Waals surface area (Å²) in [4.78, 5) is 0. The molecular weight excluding hydrogens is 104 g/mol. The third kappa shape index (κ3) is 1.08. The second-order valence-corrected chi connectivity index (χ2v) is 2.00. The SMILES string of the molecule is CC1=CCOCC1O. The van der Waals surface area contributed by atoms with Gasteiger partial charge >= 0.3 is 0 Å². The van der Waals surface area contributed by atoms with Gasteiger partial charge in [-0.3, -0.25) is 0 Å². The molecule has 1 aliphatic rings. The molecule has 0 aromatic carbocycles. The van der Waals surface area contributed by atoms with Crippen molar-refractivity contribution in [3.8, 4) is 0 Å². The first-order valence-corrected chi connectivity index (χ1v) is 2.73. The van der Waals surface area contributed by atoms with Crippen LogP contribution in [0, 0.1) is 0 Å². The van der Waals surface area contributed by atoms with E-state index in [9.17, 15) is 0 Å². The molecule has 2 nitrogen and oxygen atoms in total. The Balaban J connectivity index is 2.53. The maximum absolute atomic E-state index is 8.98. The Labute approximate surface area is 48.8 Å². The molecule has 0 saturated heterocycles. The molecule has 0 aromatic rings. The average molecular weight is 114 g/mol. The van der Waals surface area contributed by atoms with Crippen molar-refractivity contribution in [1.82, 2.24) is 0 Å². The lowest BCUT2D eigenvalue weighted by molar-refractivity contribution is 0.0551. The Bertz CT molecular complexity index is 107. The third-order valence-corrected chi connectivity index (χ3v) is 1.32. The number of hydrogen-bond donors (Lipinski definition) is 1. The summed E-state index contributed by atoms with van der Waals surface area (Å²) in [7, 11) is 0. The van der Waals surface area contributed by atoms with E-state index >= 15 is 0 Å². The predicted octanol–water partition coefficient (Wildman–Crippen LogP) is 0.324. The average Bonchev–Trinajstić information content (AvgIpc) is 1.77. The van der Waals surface area contributed by atoms with Gasteiger partial charge in [-0.05, 0) is 12.5 Å². The molecule has 0 amide bonds. The quantitative estimate of drug-likeness (QED) is 0.460. The summed E-state index contributed by atoms with van der Waals surface area (Å²) in [5, 5.41) is 8.98. The molecule has 1 atom stereocenters. The molecule has 2 heteroatoms. The Morgan fingerprint density at radius 2 is 2.62 bits per heavy atom. The highest BCUT2D eigenvalue weighted by atomic mass is 16.5. The van der Waals surface area contributed by atoms with Crippen LogP contribution in [0.25, 0.3) is 0 Å². The summed E-state index contributed by atoms with van der Waals surface area (Å²) in [5.74, 6) is 0. The molecule has 1 rings (SSSR count). The highest BCUT2D eigenvalue weighted by Gasteiger charge is 2.09. The van der Waals surface area contributed by atoms with E-state index in [1.165, 1.54) is 0 Å². The lowest BCUT2D eigenvalue weighted by Crippen LogP contribution is -2.21. The van der Waals surface area contributed by atoms with Gasteiger partial charge in [-0.2, -0.15) is 0 Å². The van der Waals surface area contributed by atoms with Gasteiger partial charge in [0.25, 0.3) is 0 Å². The van der Waals surface area contributed by atoms with Gasteiger partial charge in [0.05, 0.1) is 19.3 Å². The zero-order chi connectivity index (χ0) is 5.98. The minimum atomic E-state index is -0.358. The number of ether oxygens (including phenoxy) is 1. The standard InChI is InChI=1S/C6H10O2/c1-5-2-3-8-4-6(5)7/h2,6-7H,3-4H2,1H3. The van der Waals surface area contributed by atoms with Crippen molar-refractivity contribution in [3.05, 3.63) is 11.6 Å². The Morgan fingerprint density at radius 1 is 1.88 bits per heavy atom. The summed E-state index contributed by atoms with van der Waals surface area (Å²) in [6, 6.07) is 0. The summed E-state index contributed by atoms with van der Waals surface area (Å²) in [6.45, 7) is 3.03. The van der Waals surface area contributed by atoms with Crippen LogP contribution in [-0.4, -0.2) is 24.4 Å². The van der Waals surface area contributed by atoms with Crippen LogP contribution in [0.15, 0.2) is 11.6 Å². The van der Waals surface area contributed by atoms with Crippen molar-refractivity contribution < 1.29 is 9.84 Å². The van der Waals surface area contributed by atoms with Crippen molar-refractivity contribution in [2.45, 2.75) is 13.0 Å². The van der Waals surface area contributed by atoms with Gasteiger partial charge in [0.15, 0.2) is 0 Å². The van der Waals surface area contributed by atoms with E-state index in [1.807, 2.05) is 13.0 Å². The van der Waals surface area contributed by atoms with E-state index in [0.29, 0.717) is 13.2 Å². The van der Waals surface area contributed by atoms with Crippen LogP contribution >= 0.6 is 0 Å². The molecule has 0 saturated carbocycles. The van der Waals surface area contributed by atoms with E-state index in [1.54, 1.807) is 0 Å². The van der Waals surface area contributed by atoms with Crippen LogP contribution in [0.3, 0.4) is 0 Å². The van der Waals surface area contributed by atoms with Crippen molar-refractivity contribution in [2.75, 3.05) is 13.2 Å². The molecule has 1 heterocycles. The first-order valence-electron chi connectivity index (χ1n) is 2.73. The molecular formula is C6H10O2. The number of hydrogen-bond acceptors (Lipinski definition) is 2. The van der Waals surface area contributed by atoms with Gasteiger partial charge in [-0.1, -0.05) is 6.08 Å². The molecule has 8 heavy (non-hydrogen) atoms. The van der Waals surface area contributed by atoms with Gasteiger partial charge in [0, 0.05) is 0 Å². The highest BCUT2D eigenvalue weighted by molar-refractivity contribution is 5.06. The van der Waals surface area contributed by atoms with E-state index < -0.39 is 0 Å². The number of rotatable bonds is 0. The molecule has 0 bridgehead atoms. The summed E-state index contributed by atoms with van der Waals surface area (Å²) in [5.41, 5.74) is 1.02.